The minimum Gasteiger partial charge on any atom is -0.483 e. The van der Waals surface area contributed by atoms with Gasteiger partial charge in [-0.25, -0.2) is 4.39 Å². The Morgan fingerprint density at radius 2 is 1.67 bits per heavy atom. The Morgan fingerprint density at radius 1 is 0.939 bits per heavy atom. The molecule has 5 nitrogen and oxygen atoms in total. The van der Waals surface area contributed by atoms with Gasteiger partial charge in [0.05, 0.1) is 0 Å². The number of halogens is 1. The maximum absolute atomic E-state index is 13.9. The highest BCUT2D eigenvalue weighted by Gasteiger charge is 2.18. The van der Waals surface area contributed by atoms with Crippen LogP contribution in [0, 0.1) is 19.7 Å². The number of anilines is 2. The van der Waals surface area contributed by atoms with Crippen molar-refractivity contribution in [3.8, 4) is 5.75 Å². The van der Waals surface area contributed by atoms with Crippen molar-refractivity contribution < 1.29 is 13.9 Å². The average Bonchev–Trinajstić information content (AvgIpc) is 2.83. The number of hydrogen-bond donors (Lipinski definition) is 1. The molecule has 0 aliphatic carbocycles. The van der Waals surface area contributed by atoms with E-state index in [2.05, 4.69) is 15.1 Å². The molecule has 1 fully saturated rings. The van der Waals surface area contributed by atoms with Gasteiger partial charge < -0.3 is 15.0 Å². The van der Waals surface area contributed by atoms with E-state index >= 15 is 0 Å². The molecule has 0 saturated carbocycles. The number of ether oxygens (including phenoxy) is 1. The number of hydrogen-bond acceptors (Lipinski definition) is 4. The predicted molar refractivity (Wildman–Crippen MR) is 130 cm³/mol. The lowest BCUT2D eigenvalue weighted by atomic mass is 10.1. The van der Waals surface area contributed by atoms with Gasteiger partial charge in [-0.1, -0.05) is 30.3 Å². The van der Waals surface area contributed by atoms with Crippen LogP contribution in [0.4, 0.5) is 15.8 Å². The van der Waals surface area contributed by atoms with E-state index in [0.29, 0.717) is 6.54 Å². The third-order valence-corrected chi connectivity index (χ3v) is 6.15. The minimum atomic E-state index is -0.189. The quantitative estimate of drug-likeness (QED) is 0.566. The van der Waals surface area contributed by atoms with Crippen molar-refractivity contribution in [2.75, 3.05) is 43.0 Å². The number of benzene rings is 3. The van der Waals surface area contributed by atoms with Crippen molar-refractivity contribution in [3.05, 3.63) is 89.2 Å². The molecule has 0 bridgehead atoms. The van der Waals surface area contributed by atoms with Crippen LogP contribution in [0.25, 0.3) is 0 Å². The van der Waals surface area contributed by atoms with Crippen molar-refractivity contribution in [2.45, 2.75) is 20.4 Å². The molecule has 1 aliphatic heterocycles. The second-order valence-electron chi connectivity index (χ2n) is 8.44. The zero-order valence-electron chi connectivity index (χ0n) is 19.2. The zero-order chi connectivity index (χ0) is 23.2. The van der Waals surface area contributed by atoms with E-state index in [-0.39, 0.29) is 18.3 Å². The molecule has 172 valence electrons. The van der Waals surface area contributed by atoms with Crippen molar-refractivity contribution in [1.29, 1.82) is 0 Å². The van der Waals surface area contributed by atoms with E-state index in [1.54, 1.807) is 6.07 Å². The minimum absolute atomic E-state index is 0.0317. The van der Waals surface area contributed by atoms with Crippen molar-refractivity contribution in [3.63, 3.8) is 0 Å². The Bertz CT molecular complexity index is 1090. The van der Waals surface area contributed by atoms with Gasteiger partial charge in [0, 0.05) is 49.7 Å². The van der Waals surface area contributed by atoms with Crippen molar-refractivity contribution >= 4 is 17.3 Å². The van der Waals surface area contributed by atoms with Gasteiger partial charge >= 0.3 is 0 Å². The molecule has 3 aromatic carbocycles. The number of amides is 1. The Balaban J connectivity index is 1.25. The van der Waals surface area contributed by atoms with Crippen LogP contribution in [0.3, 0.4) is 0 Å². The molecule has 1 heterocycles. The average molecular weight is 448 g/mol. The Hall–Kier alpha value is -3.38. The van der Waals surface area contributed by atoms with E-state index in [0.717, 1.165) is 60.0 Å². The van der Waals surface area contributed by atoms with Crippen LogP contribution in [0.2, 0.25) is 0 Å². The highest BCUT2D eigenvalue weighted by Crippen LogP contribution is 2.22. The summed E-state index contributed by atoms with van der Waals surface area (Å²) in [6.45, 7) is 8.12. The molecule has 1 N–H and O–H groups in total. The number of carbonyl (C=O) groups is 1. The van der Waals surface area contributed by atoms with E-state index in [1.807, 2.05) is 68.4 Å². The summed E-state index contributed by atoms with van der Waals surface area (Å²) in [4.78, 5) is 16.9. The van der Waals surface area contributed by atoms with Gasteiger partial charge in [0.15, 0.2) is 6.61 Å². The highest BCUT2D eigenvalue weighted by molar-refractivity contribution is 5.92. The first-order valence-corrected chi connectivity index (χ1v) is 11.3. The Morgan fingerprint density at radius 3 is 2.39 bits per heavy atom. The molecule has 4 rings (SSSR count). The van der Waals surface area contributed by atoms with Gasteiger partial charge in [0.2, 0.25) is 0 Å². The lowest BCUT2D eigenvalue weighted by molar-refractivity contribution is -0.118. The fourth-order valence-electron chi connectivity index (χ4n) is 4.01. The molecule has 33 heavy (non-hydrogen) atoms. The topological polar surface area (TPSA) is 44.8 Å². The van der Waals surface area contributed by atoms with Gasteiger partial charge in [0.25, 0.3) is 5.91 Å². The molecule has 0 aromatic heterocycles. The smallest absolute Gasteiger partial charge is 0.262 e. The zero-order valence-corrected chi connectivity index (χ0v) is 19.2. The van der Waals surface area contributed by atoms with Crippen molar-refractivity contribution in [1.82, 2.24) is 4.90 Å². The molecule has 0 unspecified atom stereocenters. The standard InChI is InChI=1S/C27H30FN3O2/c1-20-6-5-9-26(21(20)2)33-19-27(32)29-23-10-12-24(13-11-23)31-16-14-30(15-17-31)18-22-7-3-4-8-25(22)28/h3-13H,14-19H2,1-2H3,(H,29,32). The van der Waals surface area contributed by atoms with Gasteiger partial charge in [-0.2, -0.15) is 0 Å². The molecule has 1 saturated heterocycles. The van der Waals surface area contributed by atoms with E-state index in [4.69, 9.17) is 4.74 Å². The molecule has 1 amide bonds. The summed E-state index contributed by atoms with van der Waals surface area (Å²) >= 11 is 0. The summed E-state index contributed by atoms with van der Waals surface area (Å²) in [5.41, 5.74) is 4.78. The fourth-order valence-corrected chi connectivity index (χ4v) is 4.01. The molecule has 0 radical (unpaired) electrons. The highest BCUT2D eigenvalue weighted by atomic mass is 19.1. The van der Waals surface area contributed by atoms with Crippen LogP contribution in [0.15, 0.2) is 66.7 Å². The first-order chi connectivity index (χ1) is 16.0. The van der Waals surface area contributed by atoms with E-state index in [1.165, 1.54) is 6.07 Å². The maximum atomic E-state index is 13.9. The summed E-state index contributed by atoms with van der Waals surface area (Å²) in [5, 5.41) is 2.89. The lowest BCUT2D eigenvalue weighted by Crippen LogP contribution is -2.46. The molecule has 0 spiro atoms. The van der Waals surface area contributed by atoms with Crippen LogP contribution in [0.5, 0.6) is 5.75 Å². The molecule has 1 aliphatic rings. The second kappa shape index (κ2) is 10.5. The monoisotopic (exact) mass is 447 g/mol. The normalized spacial score (nSPS) is 14.2. The third-order valence-electron chi connectivity index (χ3n) is 6.15. The van der Waals surface area contributed by atoms with Crippen LogP contribution in [0.1, 0.15) is 16.7 Å². The van der Waals surface area contributed by atoms with E-state index < -0.39 is 0 Å². The third kappa shape index (κ3) is 5.90. The van der Waals surface area contributed by atoms with Crippen molar-refractivity contribution in [2.24, 2.45) is 0 Å². The summed E-state index contributed by atoms with van der Waals surface area (Å²) in [6, 6.07) is 20.7. The number of piperazine rings is 1. The maximum Gasteiger partial charge on any atom is 0.262 e. The van der Waals surface area contributed by atoms with Crippen LogP contribution < -0.4 is 15.0 Å². The van der Waals surface area contributed by atoms with Crippen LogP contribution in [-0.2, 0) is 11.3 Å². The number of nitrogens with one attached hydrogen (secondary N) is 1. The van der Waals surface area contributed by atoms with Crippen LogP contribution in [-0.4, -0.2) is 43.6 Å². The van der Waals surface area contributed by atoms with Gasteiger partial charge in [-0.05, 0) is 61.4 Å². The first-order valence-electron chi connectivity index (χ1n) is 11.3. The molecule has 6 heteroatoms. The fraction of sp³-hybridized carbons (Fsp3) is 0.296. The Kier molecular flexibility index (Phi) is 7.25. The number of nitrogens with zero attached hydrogens (tertiary/aromatic N) is 2. The second-order valence-corrected chi connectivity index (χ2v) is 8.44. The first kappa shape index (κ1) is 22.8. The number of carbonyl (C=O) groups excluding carboxylic acids is 1. The summed E-state index contributed by atoms with van der Waals surface area (Å²) in [5.74, 6) is 0.400. The van der Waals surface area contributed by atoms with Gasteiger partial charge in [-0.3, -0.25) is 9.69 Å². The van der Waals surface area contributed by atoms with E-state index in [9.17, 15) is 9.18 Å². The Labute approximate surface area is 194 Å². The molecular formula is C27H30FN3O2. The predicted octanol–water partition coefficient (Wildman–Crippen LogP) is 4.78. The lowest BCUT2D eigenvalue weighted by Gasteiger charge is -2.36. The molecular weight excluding hydrogens is 417 g/mol. The number of aryl methyl sites for hydroxylation is 1. The summed E-state index contributed by atoms with van der Waals surface area (Å²) in [7, 11) is 0. The summed E-state index contributed by atoms with van der Waals surface area (Å²) < 4.78 is 19.6. The largest absolute Gasteiger partial charge is 0.483 e. The molecule has 3 aromatic rings. The van der Waals surface area contributed by atoms with Gasteiger partial charge in [0.1, 0.15) is 11.6 Å². The van der Waals surface area contributed by atoms with Gasteiger partial charge in [-0.15, -0.1) is 0 Å². The summed E-state index contributed by atoms with van der Waals surface area (Å²) in [6.07, 6.45) is 0. The number of rotatable bonds is 7. The van der Waals surface area contributed by atoms with Crippen LogP contribution >= 0.6 is 0 Å². The molecule has 0 atom stereocenters. The SMILES string of the molecule is Cc1cccc(OCC(=O)Nc2ccc(N3CCN(Cc4ccccc4F)CC3)cc2)c1C.